The Morgan fingerprint density at radius 2 is 2.20 bits per heavy atom. The van der Waals surface area contributed by atoms with Crippen LogP contribution >= 0.6 is 38.9 Å². The molecule has 3 rings (SSSR count). The van der Waals surface area contributed by atoms with Crippen molar-refractivity contribution in [2.24, 2.45) is 0 Å². The molecule has 0 saturated carbocycles. The maximum Gasteiger partial charge on any atom is 0.148 e. The molecule has 1 N–H and O–H groups in total. The number of benzene rings is 1. The van der Waals surface area contributed by atoms with E-state index in [1.165, 1.54) is 4.88 Å². The highest BCUT2D eigenvalue weighted by Crippen LogP contribution is 2.32. The van der Waals surface area contributed by atoms with Gasteiger partial charge in [-0.1, -0.05) is 23.7 Å². The molecule has 0 spiro atoms. The SMILES string of the molecule is CNC(Cc1ccc(Cl)s1)c1cc2cccc(Br)c2o1. The van der Waals surface area contributed by atoms with Crippen molar-refractivity contribution in [1.29, 1.82) is 0 Å². The van der Waals surface area contributed by atoms with Gasteiger partial charge >= 0.3 is 0 Å². The summed E-state index contributed by atoms with van der Waals surface area (Å²) < 4.78 is 7.80. The van der Waals surface area contributed by atoms with Crippen LogP contribution in [0.1, 0.15) is 16.7 Å². The summed E-state index contributed by atoms with van der Waals surface area (Å²) in [5, 5.41) is 4.42. The van der Waals surface area contributed by atoms with E-state index in [1.807, 2.05) is 25.2 Å². The quantitative estimate of drug-likeness (QED) is 0.664. The molecule has 0 saturated heterocycles. The molecule has 104 valence electrons. The number of nitrogens with one attached hydrogen (secondary N) is 1. The maximum absolute atomic E-state index is 5.99. The van der Waals surface area contributed by atoms with Gasteiger partial charge in [0.1, 0.15) is 11.3 Å². The van der Waals surface area contributed by atoms with Crippen molar-refractivity contribution in [3.63, 3.8) is 0 Å². The van der Waals surface area contributed by atoms with Crippen molar-refractivity contribution in [2.75, 3.05) is 7.05 Å². The minimum Gasteiger partial charge on any atom is -0.458 e. The summed E-state index contributed by atoms with van der Waals surface area (Å²) in [6.45, 7) is 0. The van der Waals surface area contributed by atoms with Crippen LogP contribution in [0.3, 0.4) is 0 Å². The topological polar surface area (TPSA) is 25.2 Å². The van der Waals surface area contributed by atoms with Gasteiger partial charge in [-0.2, -0.15) is 0 Å². The third kappa shape index (κ3) is 2.79. The van der Waals surface area contributed by atoms with Crippen LogP contribution in [0.15, 0.2) is 45.3 Å². The molecule has 1 unspecified atom stereocenters. The fraction of sp³-hybridized carbons (Fsp3) is 0.200. The van der Waals surface area contributed by atoms with Crippen molar-refractivity contribution in [1.82, 2.24) is 5.32 Å². The Hall–Kier alpha value is -0.810. The number of hydrogen-bond acceptors (Lipinski definition) is 3. The van der Waals surface area contributed by atoms with Crippen LogP contribution < -0.4 is 5.32 Å². The summed E-state index contributed by atoms with van der Waals surface area (Å²) in [5.41, 5.74) is 0.895. The number of furan rings is 1. The van der Waals surface area contributed by atoms with Crippen LogP contribution in [0.4, 0.5) is 0 Å². The predicted molar refractivity (Wildman–Crippen MR) is 88.7 cm³/mol. The van der Waals surface area contributed by atoms with E-state index >= 15 is 0 Å². The van der Waals surface area contributed by atoms with E-state index < -0.39 is 0 Å². The molecule has 1 atom stereocenters. The van der Waals surface area contributed by atoms with E-state index in [-0.39, 0.29) is 6.04 Å². The number of hydrogen-bond donors (Lipinski definition) is 1. The van der Waals surface area contributed by atoms with E-state index in [4.69, 9.17) is 16.0 Å². The molecule has 2 aromatic heterocycles. The van der Waals surface area contributed by atoms with Crippen molar-refractivity contribution in [3.05, 3.63) is 55.8 Å². The van der Waals surface area contributed by atoms with E-state index in [0.717, 1.165) is 32.0 Å². The first-order valence-electron chi connectivity index (χ1n) is 6.27. The van der Waals surface area contributed by atoms with Crippen molar-refractivity contribution in [3.8, 4) is 0 Å². The standard InChI is InChI=1S/C15H13BrClNOS/c1-18-12(8-10-5-6-14(17)20-10)13-7-9-3-2-4-11(16)15(9)19-13/h2-7,12,18H,8H2,1H3. The fourth-order valence-corrected chi connectivity index (χ4v) is 3.82. The van der Waals surface area contributed by atoms with Crippen molar-refractivity contribution >= 4 is 49.8 Å². The zero-order chi connectivity index (χ0) is 14.1. The second-order valence-electron chi connectivity index (χ2n) is 4.56. The monoisotopic (exact) mass is 369 g/mol. The molecular formula is C15H13BrClNOS. The lowest BCUT2D eigenvalue weighted by Gasteiger charge is -2.12. The summed E-state index contributed by atoms with van der Waals surface area (Å²) in [5.74, 6) is 0.943. The Balaban J connectivity index is 1.92. The lowest BCUT2D eigenvalue weighted by molar-refractivity contribution is 0.452. The third-order valence-electron chi connectivity index (χ3n) is 3.24. The van der Waals surface area contributed by atoms with Crippen molar-refractivity contribution < 1.29 is 4.42 Å². The lowest BCUT2D eigenvalue weighted by atomic mass is 10.1. The molecule has 3 aromatic rings. The summed E-state index contributed by atoms with van der Waals surface area (Å²) in [4.78, 5) is 1.24. The minimum absolute atomic E-state index is 0.143. The van der Waals surface area contributed by atoms with Gasteiger partial charge in [0.05, 0.1) is 14.9 Å². The van der Waals surface area contributed by atoms with Crippen LogP contribution in [0.5, 0.6) is 0 Å². The Bertz CT molecular complexity index is 736. The van der Waals surface area contributed by atoms with E-state index in [9.17, 15) is 0 Å². The number of para-hydroxylation sites is 1. The first-order valence-corrected chi connectivity index (χ1v) is 8.25. The maximum atomic E-state index is 5.99. The summed E-state index contributed by atoms with van der Waals surface area (Å²) in [6, 6.07) is 12.3. The molecule has 0 radical (unpaired) electrons. The highest BCUT2D eigenvalue weighted by molar-refractivity contribution is 9.10. The zero-order valence-electron chi connectivity index (χ0n) is 10.8. The number of rotatable bonds is 4. The van der Waals surface area contributed by atoms with Gasteiger partial charge < -0.3 is 9.73 Å². The van der Waals surface area contributed by atoms with Crippen LogP contribution in [-0.2, 0) is 6.42 Å². The Labute approximate surface area is 134 Å². The molecular weight excluding hydrogens is 358 g/mol. The second kappa shape index (κ2) is 5.90. The minimum atomic E-state index is 0.143. The van der Waals surface area contributed by atoms with Crippen molar-refractivity contribution in [2.45, 2.75) is 12.5 Å². The molecule has 0 aliphatic heterocycles. The Kier molecular flexibility index (Phi) is 4.17. The average molecular weight is 371 g/mol. The highest BCUT2D eigenvalue weighted by atomic mass is 79.9. The number of thiophene rings is 1. The number of likely N-dealkylation sites (N-methyl/N-ethyl adjacent to an activating group) is 1. The molecule has 0 bridgehead atoms. The first kappa shape index (κ1) is 14.1. The van der Waals surface area contributed by atoms with Gasteiger partial charge in [-0.05, 0) is 47.2 Å². The normalized spacial score (nSPS) is 12.9. The lowest BCUT2D eigenvalue weighted by Crippen LogP contribution is -2.17. The van der Waals surface area contributed by atoms with Gasteiger partial charge in [0, 0.05) is 16.7 Å². The highest BCUT2D eigenvalue weighted by Gasteiger charge is 2.17. The number of fused-ring (bicyclic) bond motifs is 1. The molecule has 2 heterocycles. The molecule has 0 fully saturated rings. The molecule has 5 heteroatoms. The van der Waals surface area contributed by atoms with Gasteiger partial charge in [0.15, 0.2) is 0 Å². The smallest absolute Gasteiger partial charge is 0.148 e. The van der Waals surface area contributed by atoms with Gasteiger partial charge in [-0.25, -0.2) is 0 Å². The third-order valence-corrected chi connectivity index (χ3v) is 5.12. The summed E-state index contributed by atoms with van der Waals surface area (Å²) >= 11 is 11.1. The second-order valence-corrected chi connectivity index (χ2v) is 7.21. The molecule has 0 amide bonds. The van der Waals surface area contributed by atoms with Crippen LogP contribution in [0, 0.1) is 0 Å². The fourth-order valence-electron chi connectivity index (χ4n) is 2.23. The molecule has 20 heavy (non-hydrogen) atoms. The van der Waals surface area contributed by atoms with Gasteiger partial charge in [-0.15, -0.1) is 11.3 Å². The molecule has 2 nitrogen and oxygen atoms in total. The van der Waals surface area contributed by atoms with Crippen LogP contribution in [-0.4, -0.2) is 7.05 Å². The van der Waals surface area contributed by atoms with Crippen LogP contribution in [0.2, 0.25) is 4.34 Å². The van der Waals surface area contributed by atoms with E-state index in [1.54, 1.807) is 11.3 Å². The largest absolute Gasteiger partial charge is 0.458 e. The van der Waals surface area contributed by atoms with E-state index in [0.29, 0.717) is 0 Å². The van der Waals surface area contributed by atoms with Gasteiger partial charge in [0.25, 0.3) is 0 Å². The first-order chi connectivity index (χ1) is 9.67. The Morgan fingerprint density at radius 3 is 2.85 bits per heavy atom. The summed E-state index contributed by atoms with van der Waals surface area (Å²) in [6.07, 6.45) is 0.866. The molecule has 1 aromatic carbocycles. The van der Waals surface area contributed by atoms with E-state index in [2.05, 4.69) is 39.4 Å². The molecule has 0 aliphatic rings. The Morgan fingerprint density at radius 1 is 1.35 bits per heavy atom. The summed E-state index contributed by atoms with van der Waals surface area (Å²) in [7, 11) is 1.95. The van der Waals surface area contributed by atoms with Gasteiger partial charge in [-0.3, -0.25) is 0 Å². The zero-order valence-corrected chi connectivity index (χ0v) is 14.0. The van der Waals surface area contributed by atoms with Crippen LogP contribution in [0.25, 0.3) is 11.0 Å². The average Bonchev–Trinajstić information content (AvgIpc) is 3.03. The molecule has 0 aliphatic carbocycles. The number of halogens is 2. The van der Waals surface area contributed by atoms with Gasteiger partial charge in [0.2, 0.25) is 0 Å². The predicted octanol–water partition coefficient (Wildman–Crippen LogP) is 5.41.